The van der Waals surface area contributed by atoms with Gasteiger partial charge in [-0.2, -0.15) is 5.10 Å². The van der Waals surface area contributed by atoms with Gasteiger partial charge in [0, 0.05) is 7.05 Å². The first kappa shape index (κ1) is 15.4. The number of amides is 1. The van der Waals surface area contributed by atoms with E-state index in [2.05, 4.69) is 15.7 Å². The number of aryl methyl sites for hydroxylation is 2. The number of aromatic nitrogens is 2. The molecule has 3 N–H and O–H groups in total. The second-order valence-electron chi connectivity index (χ2n) is 3.90. The van der Waals surface area contributed by atoms with Crippen LogP contribution in [0.4, 0.5) is 11.5 Å². The lowest BCUT2D eigenvalue weighted by atomic mass is 10.3. The van der Waals surface area contributed by atoms with Gasteiger partial charge in [0.05, 0.1) is 11.5 Å². The van der Waals surface area contributed by atoms with Crippen LogP contribution in [0.15, 0.2) is 0 Å². The molecule has 110 valence electrons. The van der Waals surface area contributed by atoms with E-state index in [-0.39, 0.29) is 18.1 Å². The normalized spacial score (nSPS) is 10.1. The molecule has 0 fully saturated rings. The lowest BCUT2D eigenvalue weighted by Crippen LogP contribution is -2.34. The quantitative estimate of drug-likeness (QED) is 0.453. The number of rotatable bonds is 7. The van der Waals surface area contributed by atoms with E-state index in [1.165, 1.54) is 11.7 Å². The van der Waals surface area contributed by atoms with E-state index in [4.69, 9.17) is 5.11 Å². The second kappa shape index (κ2) is 6.50. The molecule has 10 nitrogen and oxygen atoms in total. The number of carboxylic acids is 1. The van der Waals surface area contributed by atoms with Crippen LogP contribution in [-0.2, 0) is 23.1 Å². The van der Waals surface area contributed by atoms with Gasteiger partial charge >= 0.3 is 11.7 Å². The van der Waals surface area contributed by atoms with Gasteiger partial charge in [-0.15, -0.1) is 0 Å². The van der Waals surface area contributed by atoms with Crippen LogP contribution in [0, 0.1) is 10.1 Å². The Balaban J connectivity index is 2.77. The maximum Gasteiger partial charge on any atom is 0.333 e. The Morgan fingerprint density at radius 3 is 2.60 bits per heavy atom. The molecule has 1 rings (SSSR count). The molecule has 1 heterocycles. The van der Waals surface area contributed by atoms with Crippen molar-refractivity contribution in [1.82, 2.24) is 15.1 Å². The fourth-order valence-corrected chi connectivity index (χ4v) is 1.60. The summed E-state index contributed by atoms with van der Waals surface area (Å²) in [7, 11) is 1.52. The van der Waals surface area contributed by atoms with Gasteiger partial charge in [0.2, 0.25) is 11.7 Å². The molecule has 20 heavy (non-hydrogen) atoms. The van der Waals surface area contributed by atoms with Gasteiger partial charge < -0.3 is 15.7 Å². The molecule has 0 aromatic carbocycles. The molecule has 10 heteroatoms. The number of nitrogens with zero attached hydrogens (tertiary/aromatic N) is 3. The molecule has 0 radical (unpaired) electrons. The SMILES string of the molecule is CCc1nn(C)c(NCC(=O)NCC(=O)O)c1[N+](=O)[O-]. The molecule has 0 spiro atoms. The zero-order valence-corrected chi connectivity index (χ0v) is 11.0. The molecular formula is C10H15N5O5. The van der Waals surface area contributed by atoms with Gasteiger partial charge in [0.15, 0.2) is 0 Å². The number of hydrogen-bond acceptors (Lipinski definition) is 6. The van der Waals surface area contributed by atoms with Crippen molar-refractivity contribution in [3.8, 4) is 0 Å². The molecule has 0 bridgehead atoms. The summed E-state index contributed by atoms with van der Waals surface area (Å²) < 4.78 is 1.28. The molecule has 1 aromatic rings. The summed E-state index contributed by atoms with van der Waals surface area (Å²) in [5, 5.41) is 28.1. The van der Waals surface area contributed by atoms with Gasteiger partial charge in [0.1, 0.15) is 12.2 Å². The Bertz CT molecular complexity index is 538. The highest BCUT2D eigenvalue weighted by Crippen LogP contribution is 2.27. The minimum atomic E-state index is -1.17. The van der Waals surface area contributed by atoms with Crippen LogP contribution in [-0.4, -0.2) is 44.8 Å². The van der Waals surface area contributed by atoms with Gasteiger partial charge in [-0.3, -0.25) is 19.7 Å². The van der Waals surface area contributed by atoms with Crippen LogP contribution in [0.5, 0.6) is 0 Å². The van der Waals surface area contributed by atoms with E-state index in [9.17, 15) is 19.7 Å². The molecule has 0 saturated heterocycles. The maximum absolute atomic E-state index is 11.4. The van der Waals surface area contributed by atoms with Crippen molar-refractivity contribution in [2.24, 2.45) is 7.05 Å². The number of anilines is 1. The van der Waals surface area contributed by atoms with E-state index >= 15 is 0 Å². The van der Waals surface area contributed by atoms with Crippen LogP contribution in [0.25, 0.3) is 0 Å². The summed E-state index contributed by atoms with van der Waals surface area (Å²) in [6.07, 6.45) is 0.386. The van der Waals surface area contributed by atoms with Crippen LogP contribution in [0.3, 0.4) is 0 Å². The van der Waals surface area contributed by atoms with Crippen LogP contribution in [0.1, 0.15) is 12.6 Å². The molecule has 0 unspecified atom stereocenters. The van der Waals surface area contributed by atoms with Crippen molar-refractivity contribution < 1.29 is 19.6 Å². The predicted octanol–water partition coefficient (Wildman–Crippen LogP) is -0.497. The summed E-state index contributed by atoms with van der Waals surface area (Å²) in [6, 6.07) is 0. The van der Waals surface area contributed by atoms with Gasteiger partial charge in [0.25, 0.3) is 0 Å². The summed E-state index contributed by atoms with van der Waals surface area (Å²) in [4.78, 5) is 32.1. The Hall–Kier alpha value is -2.65. The smallest absolute Gasteiger partial charge is 0.333 e. The highest BCUT2D eigenvalue weighted by atomic mass is 16.6. The Morgan fingerprint density at radius 1 is 1.45 bits per heavy atom. The highest BCUT2D eigenvalue weighted by molar-refractivity contribution is 5.84. The van der Waals surface area contributed by atoms with Gasteiger partial charge in [-0.1, -0.05) is 6.92 Å². The summed E-state index contributed by atoms with van der Waals surface area (Å²) >= 11 is 0. The summed E-state index contributed by atoms with van der Waals surface area (Å²) in [5.74, 6) is -1.64. The largest absolute Gasteiger partial charge is 0.480 e. The number of carboxylic acid groups (broad SMARTS) is 1. The first-order valence-electron chi connectivity index (χ1n) is 5.79. The Morgan fingerprint density at radius 2 is 2.10 bits per heavy atom. The van der Waals surface area contributed by atoms with E-state index in [1.807, 2.05) is 0 Å². The zero-order chi connectivity index (χ0) is 15.3. The number of carbonyl (C=O) groups excluding carboxylic acids is 1. The number of hydrogen-bond donors (Lipinski definition) is 3. The van der Waals surface area contributed by atoms with Gasteiger partial charge in [-0.05, 0) is 6.42 Å². The van der Waals surface area contributed by atoms with Crippen LogP contribution >= 0.6 is 0 Å². The molecule has 1 aromatic heterocycles. The van der Waals surface area contributed by atoms with E-state index < -0.39 is 23.3 Å². The van der Waals surface area contributed by atoms with Crippen molar-refractivity contribution in [2.75, 3.05) is 18.4 Å². The third kappa shape index (κ3) is 3.67. The van der Waals surface area contributed by atoms with Crippen molar-refractivity contribution in [3.05, 3.63) is 15.8 Å². The average Bonchev–Trinajstić information content (AvgIpc) is 2.70. The maximum atomic E-state index is 11.4. The average molecular weight is 285 g/mol. The van der Waals surface area contributed by atoms with E-state index in [1.54, 1.807) is 6.92 Å². The molecule has 0 saturated carbocycles. The molecule has 0 aliphatic heterocycles. The second-order valence-corrected chi connectivity index (χ2v) is 3.90. The van der Waals surface area contributed by atoms with E-state index in [0.717, 1.165) is 0 Å². The van der Waals surface area contributed by atoms with Crippen molar-refractivity contribution in [2.45, 2.75) is 13.3 Å². The molecule has 1 amide bonds. The first-order chi connectivity index (χ1) is 9.36. The van der Waals surface area contributed by atoms with Crippen molar-refractivity contribution >= 4 is 23.4 Å². The Labute approximate surface area is 113 Å². The topological polar surface area (TPSA) is 139 Å². The number of carbonyl (C=O) groups is 2. The zero-order valence-electron chi connectivity index (χ0n) is 11.0. The molecule has 0 aliphatic carbocycles. The lowest BCUT2D eigenvalue weighted by Gasteiger charge is -2.06. The molecular weight excluding hydrogens is 270 g/mol. The van der Waals surface area contributed by atoms with Crippen LogP contribution < -0.4 is 10.6 Å². The fourth-order valence-electron chi connectivity index (χ4n) is 1.60. The summed E-state index contributed by atoms with van der Waals surface area (Å²) in [5.41, 5.74) is 0.131. The lowest BCUT2D eigenvalue weighted by molar-refractivity contribution is -0.384. The van der Waals surface area contributed by atoms with Gasteiger partial charge in [-0.25, -0.2) is 4.68 Å². The Kier molecular flexibility index (Phi) is 5.01. The number of nitro groups is 1. The van der Waals surface area contributed by atoms with Crippen molar-refractivity contribution in [1.29, 1.82) is 0 Å². The fraction of sp³-hybridized carbons (Fsp3) is 0.500. The number of aliphatic carboxylic acids is 1. The summed E-state index contributed by atoms with van der Waals surface area (Å²) in [6.45, 7) is 0.948. The predicted molar refractivity (Wildman–Crippen MR) is 68.4 cm³/mol. The number of nitrogens with one attached hydrogen (secondary N) is 2. The van der Waals surface area contributed by atoms with Crippen LogP contribution in [0.2, 0.25) is 0 Å². The van der Waals surface area contributed by atoms with Crippen molar-refractivity contribution in [3.63, 3.8) is 0 Å². The minimum Gasteiger partial charge on any atom is -0.480 e. The monoisotopic (exact) mass is 285 g/mol. The van der Waals surface area contributed by atoms with E-state index in [0.29, 0.717) is 12.1 Å². The highest BCUT2D eigenvalue weighted by Gasteiger charge is 2.25. The molecule has 0 aliphatic rings. The molecule has 0 atom stereocenters. The third-order valence-corrected chi connectivity index (χ3v) is 2.46. The standard InChI is InChI=1S/C10H15N5O5/c1-3-6-9(15(19)20)10(14(2)13-6)12-4-7(16)11-5-8(17)18/h12H,3-5H2,1-2H3,(H,11,16)(H,17,18). The minimum absolute atomic E-state index is 0.109. The third-order valence-electron chi connectivity index (χ3n) is 2.46. The first-order valence-corrected chi connectivity index (χ1v) is 5.79.